The maximum Gasteiger partial charge on any atom is 0.226 e. The molecule has 1 atom stereocenters. The average molecular weight is 417 g/mol. The average Bonchev–Trinajstić information content (AvgIpc) is 2.74. The molecule has 2 saturated heterocycles. The van der Waals surface area contributed by atoms with Crippen LogP contribution in [0, 0.1) is 11.7 Å². The van der Waals surface area contributed by atoms with Crippen LogP contribution in [0.2, 0.25) is 0 Å². The zero-order valence-corrected chi connectivity index (χ0v) is 17.1. The van der Waals surface area contributed by atoms with E-state index in [9.17, 15) is 13.4 Å². The van der Waals surface area contributed by atoms with Gasteiger partial charge in [0.05, 0.1) is 6.04 Å². The molecule has 3 heterocycles. The fraction of sp³-hybridized carbons (Fsp3) is 0.429. The number of nitrogens with zero attached hydrogens (tertiary/aromatic N) is 4. The number of benzene rings is 1. The minimum atomic E-state index is -2.03. The van der Waals surface area contributed by atoms with Crippen LogP contribution in [-0.4, -0.2) is 62.0 Å². The molecule has 2 aromatic rings. The Morgan fingerprint density at radius 1 is 1.10 bits per heavy atom. The molecule has 4 rings (SSSR count). The highest BCUT2D eigenvalue weighted by Gasteiger charge is 2.37. The van der Waals surface area contributed by atoms with Crippen molar-refractivity contribution in [1.29, 1.82) is 0 Å². The topological polar surface area (TPSA) is 66.4 Å². The molecule has 2 aliphatic rings. The van der Waals surface area contributed by atoms with Crippen LogP contribution in [0.25, 0.3) is 0 Å². The maximum absolute atomic E-state index is 13.5. The molecule has 0 N–H and O–H groups in total. The van der Waals surface area contributed by atoms with E-state index in [0.717, 1.165) is 5.56 Å². The summed E-state index contributed by atoms with van der Waals surface area (Å²) in [4.78, 5) is 26.0. The highest BCUT2D eigenvalue weighted by molar-refractivity contribution is 8.00. The number of hydrogen-bond donors (Lipinski definition) is 0. The standard InChI is InChI=1S/C21H25FN4O2S/c1-29(28)13-7-17(8-14-29)20(27)26-12-11-25(21-23-9-2-10-24-21)15-19(26)16-3-5-18(22)6-4-16/h2-6,9-10,17,19H,1,7-8,11-15H2. The Labute approximate surface area is 170 Å². The van der Waals surface area contributed by atoms with Gasteiger partial charge >= 0.3 is 0 Å². The Hall–Kier alpha value is -2.48. The SMILES string of the molecule is C=S1(=O)CCC(C(=O)N2CCN(c3ncccn3)CC2c2ccc(F)cc2)CC1. The second-order valence-electron chi connectivity index (χ2n) is 7.74. The van der Waals surface area contributed by atoms with Gasteiger partial charge in [-0.1, -0.05) is 12.1 Å². The summed E-state index contributed by atoms with van der Waals surface area (Å²) in [6.45, 7) is 1.71. The quantitative estimate of drug-likeness (QED) is 0.718. The van der Waals surface area contributed by atoms with E-state index in [1.807, 2.05) is 4.90 Å². The Morgan fingerprint density at radius 3 is 2.41 bits per heavy atom. The predicted octanol–water partition coefficient (Wildman–Crippen LogP) is 2.13. The van der Waals surface area contributed by atoms with Crippen molar-refractivity contribution in [2.75, 3.05) is 36.0 Å². The van der Waals surface area contributed by atoms with Crippen molar-refractivity contribution >= 4 is 27.2 Å². The molecule has 2 fully saturated rings. The first kappa shape index (κ1) is 19.8. The Kier molecular flexibility index (Phi) is 5.54. The van der Waals surface area contributed by atoms with E-state index in [1.54, 1.807) is 30.6 Å². The first-order chi connectivity index (χ1) is 13.9. The Bertz CT molecular complexity index is 952. The van der Waals surface area contributed by atoms with Gasteiger partial charge in [0.15, 0.2) is 0 Å². The lowest BCUT2D eigenvalue weighted by atomic mass is 9.96. The molecule has 0 bridgehead atoms. The van der Waals surface area contributed by atoms with Crippen LogP contribution in [0.3, 0.4) is 0 Å². The third-order valence-corrected chi connectivity index (χ3v) is 7.74. The predicted molar refractivity (Wildman–Crippen MR) is 113 cm³/mol. The van der Waals surface area contributed by atoms with Gasteiger partial charge in [0.25, 0.3) is 0 Å². The van der Waals surface area contributed by atoms with Crippen molar-refractivity contribution in [3.63, 3.8) is 0 Å². The lowest BCUT2D eigenvalue weighted by Crippen LogP contribution is -2.53. The molecule has 1 amide bonds. The molecular weight excluding hydrogens is 391 g/mol. The summed E-state index contributed by atoms with van der Waals surface area (Å²) < 4.78 is 25.6. The molecule has 1 unspecified atom stereocenters. The van der Waals surface area contributed by atoms with E-state index in [2.05, 4.69) is 20.7 Å². The van der Waals surface area contributed by atoms with E-state index < -0.39 is 9.52 Å². The lowest BCUT2D eigenvalue weighted by Gasteiger charge is -2.43. The monoisotopic (exact) mass is 416 g/mol. The van der Waals surface area contributed by atoms with Crippen LogP contribution in [0.15, 0.2) is 42.7 Å². The molecule has 0 saturated carbocycles. The summed E-state index contributed by atoms with van der Waals surface area (Å²) >= 11 is 0. The zero-order valence-electron chi connectivity index (χ0n) is 16.2. The van der Waals surface area contributed by atoms with Crippen molar-refractivity contribution < 1.29 is 13.4 Å². The molecule has 1 aromatic heterocycles. The van der Waals surface area contributed by atoms with Gasteiger partial charge in [-0.2, -0.15) is 0 Å². The van der Waals surface area contributed by atoms with Crippen LogP contribution in [0.4, 0.5) is 10.3 Å². The zero-order chi connectivity index (χ0) is 20.4. The number of rotatable bonds is 3. The molecule has 0 radical (unpaired) electrons. The van der Waals surface area contributed by atoms with E-state index >= 15 is 0 Å². The third-order valence-electron chi connectivity index (χ3n) is 5.78. The van der Waals surface area contributed by atoms with Crippen LogP contribution in [0.5, 0.6) is 0 Å². The molecule has 2 aliphatic heterocycles. The number of carbonyl (C=O) groups excluding carboxylic acids is 1. The fourth-order valence-electron chi connectivity index (χ4n) is 4.10. The van der Waals surface area contributed by atoms with Gasteiger partial charge in [-0.25, -0.2) is 14.4 Å². The van der Waals surface area contributed by atoms with Gasteiger partial charge < -0.3 is 9.80 Å². The molecular formula is C21H25FN4O2S. The molecule has 0 spiro atoms. The molecule has 8 heteroatoms. The van der Waals surface area contributed by atoms with Crippen LogP contribution < -0.4 is 4.90 Å². The Balaban J connectivity index is 1.58. The van der Waals surface area contributed by atoms with Crippen molar-refractivity contribution in [2.24, 2.45) is 5.92 Å². The van der Waals surface area contributed by atoms with Crippen LogP contribution >= 0.6 is 0 Å². The number of piperazine rings is 1. The summed E-state index contributed by atoms with van der Waals surface area (Å²) in [5.41, 5.74) is 0.886. The summed E-state index contributed by atoms with van der Waals surface area (Å²) in [5.74, 6) is 5.08. The number of carbonyl (C=O) groups is 1. The number of amides is 1. The first-order valence-corrected chi connectivity index (χ1v) is 11.9. The summed E-state index contributed by atoms with van der Waals surface area (Å²) in [7, 11) is -2.03. The molecule has 0 aliphatic carbocycles. The van der Waals surface area contributed by atoms with Crippen LogP contribution in [0.1, 0.15) is 24.4 Å². The number of halogens is 1. The van der Waals surface area contributed by atoms with Gasteiger partial charge in [0.1, 0.15) is 5.82 Å². The van der Waals surface area contributed by atoms with Gasteiger partial charge in [0, 0.05) is 49.5 Å². The van der Waals surface area contributed by atoms with E-state index in [1.165, 1.54) is 12.1 Å². The molecule has 154 valence electrons. The minimum absolute atomic E-state index is 0.0860. The van der Waals surface area contributed by atoms with Crippen molar-refractivity contribution in [3.8, 4) is 0 Å². The molecule has 6 nitrogen and oxygen atoms in total. The third kappa shape index (κ3) is 4.42. The first-order valence-electron chi connectivity index (χ1n) is 9.83. The van der Waals surface area contributed by atoms with E-state index in [4.69, 9.17) is 0 Å². The lowest BCUT2D eigenvalue weighted by molar-refractivity contribution is -0.138. The van der Waals surface area contributed by atoms with Crippen molar-refractivity contribution in [1.82, 2.24) is 14.9 Å². The summed E-state index contributed by atoms with van der Waals surface area (Å²) in [6, 6.07) is 7.87. The largest absolute Gasteiger partial charge is 0.337 e. The number of anilines is 1. The highest BCUT2D eigenvalue weighted by atomic mass is 32.2. The maximum atomic E-state index is 13.5. The smallest absolute Gasteiger partial charge is 0.226 e. The Morgan fingerprint density at radius 2 is 1.76 bits per heavy atom. The van der Waals surface area contributed by atoms with Gasteiger partial charge in [-0.15, -0.1) is 0 Å². The van der Waals surface area contributed by atoms with Gasteiger partial charge in [-0.3, -0.25) is 9.00 Å². The van der Waals surface area contributed by atoms with Crippen molar-refractivity contribution in [2.45, 2.75) is 18.9 Å². The highest BCUT2D eigenvalue weighted by Crippen LogP contribution is 2.31. The van der Waals surface area contributed by atoms with E-state index in [-0.39, 0.29) is 23.7 Å². The second-order valence-corrected chi connectivity index (χ2v) is 10.5. The number of aromatic nitrogens is 2. The van der Waals surface area contributed by atoms with Crippen molar-refractivity contribution in [3.05, 3.63) is 54.1 Å². The van der Waals surface area contributed by atoms with E-state index in [0.29, 0.717) is 49.9 Å². The minimum Gasteiger partial charge on any atom is -0.337 e. The molecule has 1 aromatic carbocycles. The molecule has 29 heavy (non-hydrogen) atoms. The second kappa shape index (κ2) is 8.10. The summed E-state index contributed by atoms with van der Waals surface area (Å²) in [6.07, 6.45) is 4.62. The van der Waals surface area contributed by atoms with Crippen LogP contribution in [-0.2, 0) is 14.3 Å². The van der Waals surface area contributed by atoms with Gasteiger partial charge in [0.2, 0.25) is 11.9 Å². The fourth-order valence-corrected chi connectivity index (χ4v) is 5.73. The normalized spacial score (nSPS) is 27.6. The number of hydrogen-bond acceptors (Lipinski definition) is 5. The van der Waals surface area contributed by atoms with Gasteiger partial charge in [-0.05, 0) is 52.0 Å². The summed E-state index contributed by atoms with van der Waals surface area (Å²) in [5, 5.41) is 0.